The summed E-state index contributed by atoms with van der Waals surface area (Å²) in [7, 11) is -3.17. The van der Waals surface area contributed by atoms with Gasteiger partial charge in [0.1, 0.15) is 5.78 Å². The zero-order chi connectivity index (χ0) is 17.4. The fourth-order valence-electron chi connectivity index (χ4n) is 9.15. The van der Waals surface area contributed by atoms with E-state index in [9.17, 15) is 13.2 Å². The average molecular weight is 361 g/mol. The maximum absolute atomic E-state index is 13.1. The first-order chi connectivity index (χ1) is 11.7. The van der Waals surface area contributed by atoms with Crippen molar-refractivity contribution in [2.75, 3.05) is 5.75 Å². The Bertz CT molecular complexity index is 825. The molecule has 25 heavy (non-hydrogen) atoms. The van der Waals surface area contributed by atoms with E-state index >= 15 is 0 Å². The largest absolute Gasteiger partial charge is 0.299 e. The number of carbonyl (C=O) groups is 1. The number of hydrogen-bond acceptors (Lipinski definition) is 3. The summed E-state index contributed by atoms with van der Waals surface area (Å²) in [6.07, 6.45) is 7.72. The van der Waals surface area contributed by atoms with Gasteiger partial charge in [-0.1, -0.05) is 25.0 Å². The summed E-state index contributed by atoms with van der Waals surface area (Å²) in [6, 6.07) is 0. The molecule has 3 saturated carbocycles. The van der Waals surface area contributed by atoms with Crippen molar-refractivity contribution in [3.8, 4) is 0 Å². The van der Waals surface area contributed by atoms with Gasteiger partial charge in [0.15, 0.2) is 9.84 Å². The standard InChI is InChI=1S/C21H28O3S/c1-20-10-21(2,19-18(20)15(22)3-4-25(19,23)24)17-14-8-11-5-12(9-14)7-13(6-11)16(17)20/h11-14,18-19H,3-10H2,1-2H3. The zero-order valence-corrected chi connectivity index (χ0v) is 16.1. The number of Topliss-reactive ketones (excluding diaryl/α,β-unsaturated/α-hetero) is 1. The predicted octanol–water partition coefficient (Wildman–Crippen LogP) is 3.54. The summed E-state index contributed by atoms with van der Waals surface area (Å²) in [5.41, 5.74) is 2.69. The molecule has 1 heterocycles. The lowest BCUT2D eigenvalue weighted by Crippen LogP contribution is -2.52. The van der Waals surface area contributed by atoms with Crippen LogP contribution in [0.2, 0.25) is 0 Å². The highest BCUT2D eigenvalue weighted by atomic mass is 32.2. The van der Waals surface area contributed by atoms with Gasteiger partial charge in [-0.3, -0.25) is 4.79 Å². The van der Waals surface area contributed by atoms with Gasteiger partial charge >= 0.3 is 0 Å². The Hall–Kier alpha value is -0.640. The van der Waals surface area contributed by atoms with Crippen LogP contribution in [0, 0.1) is 40.4 Å². The van der Waals surface area contributed by atoms with Crippen LogP contribution in [0.4, 0.5) is 0 Å². The number of ketones is 1. The van der Waals surface area contributed by atoms with Gasteiger partial charge in [-0.05, 0) is 62.2 Å². The molecule has 0 aromatic carbocycles. The molecule has 0 amide bonds. The highest BCUT2D eigenvalue weighted by molar-refractivity contribution is 7.92. The maximum atomic E-state index is 13.1. The average Bonchev–Trinajstić information content (AvgIpc) is 2.81. The lowest BCUT2D eigenvalue weighted by Gasteiger charge is -2.46. The van der Waals surface area contributed by atoms with Crippen molar-refractivity contribution in [2.24, 2.45) is 40.4 Å². The van der Waals surface area contributed by atoms with Crippen molar-refractivity contribution >= 4 is 15.6 Å². The van der Waals surface area contributed by atoms with Gasteiger partial charge in [0, 0.05) is 23.2 Å². The summed E-state index contributed by atoms with van der Waals surface area (Å²) in [6.45, 7) is 4.49. The van der Waals surface area contributed by atoms with E-state index in [-0.39, 0.29) is 34.7 Å². The van der Waals surface area contributed by atoms with Crippen LogP contribution in [-0.4, -0.2) is 25.2 Å². The molecule has 4 heteroatoms. The van der Waals surface area contributed by atoms with Crippen LogP contribution in [0.5, 0.6) is 0 Å². The molecule has 7 aliphatic rings. The van der Waals surface area contributed by atoms with Crippen LogP contribution in [0.1, 0.15) is 58.8 Å². The molecule has 1 aliphatic heterocycles. The van der Waals surface area contributed by atoms with Gasteiger partial charge in [0.25, 0.3) is 0 Å². The van der Waals surface area contributed by atoms with Crippen molar-refractivity contribution < 1.29 is 13.2 Å². The SMILES string of the molecule is CC12CC(C)(C3=C1C1CC4CC(C1)CC3C4)C1C2C(=O)CCS1(=O)=O. The molecule has 3 nitrogen and oxygen atoms in total. The van der Waals surface area contributed by atoms with E-state index in [1.807, 2.05) is 0 Å². The maximum Gasteiger partial charge on any atom is 0.155 e. The van der Waals surface area contributed by atoms with Gasteiger partial charge in [0.05, 0.1) is 11.0 Å². The molecule has 6 aliphatic carbocycles. The second-order valence-corrected chi connectivity index (χ2v) is 12.9. The number of sulfone groups is 1. The number of fused-ring (bicyclic) bond motifs is 5. The molecule has 1 saturated heterocycles. The molecule has 0 aromatic heterocycles. The minimum Gasteiger partial charge on any atom is -0.299 e. The minimum atomic E-state index is -3.17. The molecule has 6 atom stereocenters. The Labute approximate surface area is 150 Å². The Morgan fingerprint density at radius 1 is 0.880 bits per heavy atom. The van der Waals surface area contributed by atoms with E-state index in [1.165, 1.54) is 32.1 Å². The summed E-state index contributed by atoms with van der Waals surface area (Å²) in [4.78, 5) is 12.9. The molecule has 7 rings (SSSR count). The number of rotatable bonds is 0. The summed E-state index contributed by atoms with van der Waals surface area (Å²) < 4.78 is 26.2. The van der Waals surface area contributed by atoms with Gasteiger partial charge in [0.2, 0.25) is 0 Å². The fraction of sp³-hybridized carbons (Fsp3) is 0.857. The van der Waals surface area contributed by atoms with Crippen molar-refractivity contribution in [3.63, 3.8) is 0 Å². The van der Waals surface area contributed by atoms with E-state index < -0.39 is 15.1 Å². The normalized spacial score (nSPS) is 57.6. The lowest BCUT2D eigenvalue weighted by atomic mass is 9.62. The minimum absolute atomic E-state index is 0.0840. The van der Waals surface area contributed by atoms with Crippen molar-refractivity contribution in [1.82, 2.24) is 0 Å². The number of hydrogen-bond donors (Lipinski definition) is 0. The monoisotopic (exact) mass is 360 g/mol. The molecule has 6 bridgehead atoms. The van der Waals surface area contributed by atoms with Crippen LogP contribution < -0.4 is 0 Å². The van der Waals surface area contributed by atoms with Crippen molar-refractivity contribution in [1.29, 1.82) is 0 Å². The number of carbonyl (C=O) groups excluding carboxylic acids is 1. The third-order valence-corrected chi connectivity index (χ3v) is 11.5. The molecule has 136 valence electrons. The molecule has 0 N–H and O–H groups in total. The van der Waals surface area contributed by atoms with Crippen LogP contribution in [0.25, 0.3) is 0 Å². The molecule has 0 spiro atoms. The second-order valence-electron chi connectivity index (χ2n) is 10.6. The van der Waals surface area contributed by atoms with Gasteiger partial charge in [-0.2, -0.15) is 0 Å². The molecular weight excluding hydrogens is 332 g/mol. The Kier molecular flexibility index (Phi) is 2.63. The van der Waals surface area contributed by atoms with E-state index in [4.69, 9.17) is 0 Å². The summed E-state index contributed by atoms with van der Waals surface area (Å²) >= 11 is 0. The first kappa shape index (κ1) is 15.4. The molecular formula is C21H28O3S. The predicted molar refractivity (Wildman–Crippen MR) is 95.6 cm³/mol. The Balaban J connectivity index is 1.62. The van der Waals surface area contributed by atoms with Crippen LogP contribution >= 0.6 is 0 Å². The van der Waals surface area contributed by atoms with Gasteiger partial charge < -0.3 is 0 Å². The third-order valence-electron chi connectivity index (χ3n) is 9.19. The topological polar surface area (TPSA) is 51.2 Å². The molecule has 4 fully saturated rings. The molecule has 0 radical (unpaired) electrons. The Morgan fingerprint density at radius 2 is 1.44 bits per heavy atom. The summed E-state index contributed by atoms with van der Waals surface area (Å²) in [5, 5.41) is -0.430. The number of allylic oxidation sites excluding steroid dienone is 2. The highest BCUT2D eigenvalue weighted by Crippen LogP contribution is 2.75. The Morgan fingerprint density at radius 3 is 2.04 bits per heavy atom. The van der Waals surface area contributed by atoms with E-state index in [0.717, 1.165) is 18.3 Å². The lowest BCUT2D eigenvalue weighted by molar-refractivity contribution is -0.125. The second kappa shape index (κ2) is 4.26. The van der Waals surface area contributed by atoms with Gasteiger partial charge in [-0.15, -0.1) is 0 Å². The van der Waals surface area contributed by atoms with Crippen LogP contribution in [0.3, 0.4) is 0 Å². The fourth-order valence-corrected chi connectivity index (χ4v) is 11.8. The smallest absolute Gasteiger partial charge is 0.155 e. The first-order valence-corrected chi connectivity index (χ1v) is 11.9. The molecule has 0 aromatic rings. The summed E-state index contributed by atoms with van der Waals surface area (Å²) in [5.74, 6) is 2.98. The van der Waals surface area contributed by atoms with Crippen LogP contribution in [-0.2, 0) is 14.6 Å². The zero-order valence-electron chi connectivity index (χ0n) is 15.3. The molecule has 6 unspecified atom stereocenters. The quantitative estimate of drug-likeness (QED) is 0.621. The first-order valence-electron chi connectivity index (χ1n) is 10.2. The van der Waals surface area contributed by atoms with Crippen LogP contribution in [0.15, 0.2) is 11.1 Å². The van der Waals surface area contributed by atoms with E-state index in [1.54, 1.807) is 11.1 Å². The van der Waals surface area contributed by atoms with Crippen molar-refractivity contribution in [2.45, 2.75) is 64.0 Å². The van der Waals surface area contributed by atoms with E-state index in [2.05, 4.69) is 13.8 Å². The third kappa shape index (κ3) is 1.61. The van der Waals surface area contributed by atoms with Gasteiger partial charge in [-0.25, -0.2) is 8.42 Å². The van der Waals surface area contributed by atoms with E-state index in [0.29, 0.717) is 11.8 Å². The highest BCUT2D eigenvalue weighted by Gasteiger charge is 2.73. The van der Waals surface area contributed by atoms with Crippen molar-refractivity contribution in [3.05, 3.63) is 11.1 Å².